The van der Waals surface area contributed by atoms with E-state index < -0.39 is 6.36 Å². The first-order valence-electron chi connectivity index (χ1n) is 4.71. The van der Waals surface area contributed by atoms with Crippen molar-refractivity contribution >= 4 is 11.8 Å². The summed E-state index contributed by atoms with van der Waals surface area (Å²) in [4.78, 5) is 0. The van der Waals surface area contributed by atoms with Gasteiger partial charge in [-0.25, -0.2) is 0 Å². The number of rotatable bonds is 4. The van der Waals surface area contributed by atoms with Crippen LogP contribution in [0.25, 0.3) is 0 Å². The summed E-state index contributed by atoms with van der Waals surface area (Å²) in [5.74, 6) is -0.257. The van der Waals surface area contributed by atoms with Crippen molar-refractivity contribution in [3.05, 3.63) is 29.8 Å². The molecule has 0 amide bonds. The standard InChI is InChI=1S/C11H10F3NOS/c1-17-10(5-6-15)8-3-2-4-9(7-8)16-11(12,13)14/h2-4,7,10H,5H2,1H3. The van der Waals surface area contributed by atoms with E-state index in [0.29, 0.717) is 5.56 Å². The molecule has 0 aliphatic rings. The van der Waals surface area contributed by atoms with Gasteiger partial charge in [-0.05, 0) is 24.0 Å². The fraction of sp³-hybridized carbons (Fsp3) is 0.364. The Morgan fingerprint density at radius 1 is 1.47 bits per heavy atom. The zero-order valence-electron chi connectivity index (χ0n) is 8.99. The Bertz CT molecular complexity index is 414. The van der Waals surface area contributed by atoms with Crippen molar-refractivity contribution in [3.8, 4) is 11.8 Å². The third-order valence-corrected chi connectivity index (χ3v) is 3.03. The van der Waals surface area contributed by atoms with Crippen LogP contribution in [0, 0.1) is 11.3 Å². The van der Waals surface area contributed by atoms with Gasteiger partial charge in [-0.1, -0.05) is 12.1 Å². The van der Waals surface area contributed by atoms with E-state index in [2.05, 4.69) is 4.74 Å². The highest BCUT2D eigenvalue weighted by Crippen LogP contribution is 2.32. The van der Waals surface area contributed by atoms with Crippen LogP contribution < -0.4 is 4.74 Å². The van der Waals surface area contributed by atoms with Crippen molar-refractivity contribution in [2.45, 2.75) is 18.0 Å². The van der Waals surface area contributed by atoms with Gasteiger partial charge in [-0.2, -0.15) is 17.0 Å². The molecular weight excluding hydrogens is 251 g/mol. The molecule has 0 bridgehead atoms. The van der Waals surface area contributed by atoms with E-state index in [1.54, 1.807) is 12.3 Å². The first kappa shape index (κ1) is 13.7. The molecule has 0 N–H and O–H groups in total. The smallest absolute Gasteiger partial charge is 0.406 e. The van der Waals surface area contributed by atoms with Crippen LogP contribution >= 0.6 is 11.8 Å². The van der Waals surface area contributed by atoms with Crippen molar-refractivity contribution in [2.75, 3.05) is 6.26 Å². The number of nitriles is 1. The third-order valence-electron chi connectivity index (χ3n) is 2.02. The molecule has 0 aromatic heterocycles. The number of hydrogen-bond acceptors (Lipinski definition) is 3. The number of benzene rings is 1. The average Bonchev–Trinajstić information content (AvgIpc) is 2.24. The normalized spacial score (nSPS) is 12.9. The Kier molecular flexibility index (Phi) is 4.70. The largest absolute Gasteiger partial charge is 0.573 e. The van der Waals surface area contributed by atoms with Crippen LogP contribution in [0.2, 0.25) is 0 Å². The van der Waals surface area contributed by atoms with Gasteiger partial charge in [0.2, 0.25) is 0 Å². The van der Waals surface area contributed by atoms with Crippen LogP contribution in [0.5, 0.6) is 5.75 Å². The molecule has 0 spiro atoms. The molecule has 2 nitrogen and oxygen atoms in total. The lowest BCUT2D eigenvalue weighted by molar-refractivity contribution is -0.274. The van der Waals surface area contributed by atoms with Crippen LogP contribution in [0.1, 0.15) is 17.2 Å². The van der Waals surface area contributed by atoms with E-state index in [0.717, 1.165) is 0 Å². The van der Waals surface area contributed by atoms with E-state index in [-0.39, 0.29) is 17.4 Å². The van der Waals surface area contributed by atoms with Crippen molar-refractivity contribution in [1.82, 2.24) is 0 Å². The van der Waals surface area contributed by atoms with Crippen molar-refractivity contribution in [1.29, 1.82) is 5.26 Å². The Hall–Kier alpha value is -1.35. The summed E-state index contributed by atoms with van der Waals surface area (Å²) in [6, 6.07) is 7.71. The second kappa shape index (κ2) is 5.82. The molecule has 0 aliphatic heterocycles. The number of halogens is 3. The van der Waals surface area contributed by atoms with Crippen molar-refractivity contribution in [3.63, 3.8) is 0 Å². The Morgan fingerprint density at radius 2 is 2.18 bits per heavy atom. The molecule has 1 rings (SSSR count). The number of ether oxygens (including phenoxy) is 1. The lowest BCUT2D eigenvalue weighted by Gasteiger charge is -2.13. The van der Waals surface area contributed by atoms with Crippen LogP contribution in [0.4, 0.5) is 13.2 Å². The Morgan fingerprint density at radius 3 is 2.71 bits per heavy atom. The van der Waals surface area contributed by atoms with Gasteiger partial charge >= 0.3 is 6.36 Å². The van der Waals surface area contributed by atoms with Gasteiger partial charge in [0.05, 0.1) is 12.5 Å². The zero-order valence-corrected chi connectivity index (χ0v) is 9.81. The SMILES string of the molecule is CSC(CC#N)c1cccc(OC(F)(F)F)c1. The molecule has 1 atom stereocenters. The summed E-state index contributed by atoms with van der Waals surface area (Å²) in [5.41, 5.74) is 0.654. The molecule has 17 heavy (non-hydrogen) atoms. The minimum atomic E-state index is -4.69. The second-order valence-corrected chi connectivity index (χ2v) is 4.25. The number of thioether (sulfide) groups is 1. The Balaban J connectivity index is 2.89. The lowest BCUT2D eigenvalue weighted by atomic mass is 10.1. The monoisotopic (exact) mass is 261 g/mol. The average molecular weight is 261 g/mol. The molecule has 0 saturated heterocycles. The molecular formula is C11H10F3NOS. The summed E-state index contributed by atoms with van der Waals surface area (Å²) < 4.78 is 39.9. The first-order valence-corrected chi connectivity index (χ1v) is 6.00. The Labute approximate surface area is 101 Å². The summed E-state index contributed by atoms with van der Waals surface area (Å²) in [5, 5.41) is 8.47. The zero-order chi connectivity index (χ0) is 12.9. The summed E-state index contributed by atoms with van der Waals surface area (Å²) in [6.45, 7) is 0. The maximum Gasteiger partial charge on any atom is 0.573 e. The van der Waals surface area contributed by atoms with E-state index in [4.69, 9.17) is 5.26 Å². The fourth-order valence-electron chi connectivity index (χ4n) is 1.33. The van der Waals surface area contributed by atoms with Gasteiger partial charge in [0.15, 0.2) is 0 Å². The van der Waals surface area contributed by atoms with Gasteiger partial charge in [-0.15, -0.1) is 13.2 Å². The number of hydrogen-bond donors (Lipinski definition) is 0. The van der Waals surface area contributed by atoms with Gasteiger partial charge in [0.25, 0.3) is 0 Å². The molecule has 0 fully saturated rings. The molecule has 0 heterocycles. The summed E-state index contributed by atoms with van der Waals surface area (Å²) >= 11 is 1.41. The predicted molar refractivity (Wildman–Crippen MR) is 59.6 cm³/mol. The molecule has 6 heteroatoms. The first-order chi connectivity index (χ1) is 7.96. The molecule has 1 unspecified atom stereocenters. The van der Waals surface area contributed by atoms with Gasteiger partial charge in [-0.3, -0.25) is 0 Å². The predicted octanol–water partition coefficient (Wildman–Crippen LogP) is 3.90. The summed E-state index contributed by atoms with van der Waals surface area (Å²) in [7, 11) is 0. The van der Waals surface area contributed by atoms with E-state index in [1.807, 2.05) is 6.07 Å². The van der Waals surface area contributed by atoms with Crippen LogP contribution in [-0.2, 0) is 0 Å². The minimum absolute atomic E-state index is 0.142. The van der Waals surface area contributed by atoms with E-state index in [9.17, 15) is 13.2 Å². The highest BCUT2D eigenvalue weighted by atomic mass is 32.2. The quantitative estimate of drug-likeness (QED) is 0.824. The summed E-state index contributed by atoms with van der Waals surface area (Å²) in [6.07, 6.45) is -2.64. The maximum absolute atomic E-state index is 12.0. The van der Waals surface area contributed by atoms with Crippen LogP contribution in [0.3, 0.4) is 0 Å². The highest BCUT2D eigenvalue weighted by molar-refractivity contribution is 7.98. The molecule has 0 aliphatic carbocycles. The minimum Gasteiger partial charge on any atom is -0.406 e. The topological polar surface area (TPSA) is 33.0 Å². The number of nitrogens with zero attached hydrogens (tertiary/aromatic N) is 1. The van der Waals surface area contributed by atoms with Crippen molar-refractivity contribution < 1.29 is 17.9 Å². The van der Waals surface area contributed by atoms with Crippen molar-refractivity contribution in [2.24, 2.45) is 0 Å². The van der Waals surface area contributed by atoms with Gasteiger partial charge in [0, 0.05) is 5.25 Å². The van der Waals surface area contributed by atoms with E-state index in [1.165, 1.54) is 30.0 Å². The van der Waals surface area contributed by atoms with Gasteiger partial charge in [0.1, 0.15) is 5.75 Å². The third kappa shape index (κ3) is 4.57. The molecule has 1 aromatic rings. The highest BCUT2D eigenvalue weighted by Gasteiger charge is 2.31. The second-order valence-electron chi connectivity index (χ2n) is 3.21. The maximum atomic E-state index is 12.0. The van der Waals surface area contributed by atoms with Crippen LogP contribution in [-0.4, -0.2) is 12.6 Å². The molecule has 0 saturated carbocycles. The van der Waals surface area contributed by atoms with E-state index >= 15 is 0 Å². The lowest BCUT2D eigenvalue weighted by Crippen LogP contribution is -2.17. The molecule has 92 valence electrons. The number of alkyl halides is 3. The van der Waals surface area contributed by atoms with Crippen LogP contribution in [0.15, 0.2) is 24.3 Å². The van der Waals surface area contributed by atoms with Gasteiger partial charge < -0.3 is 4.74 Å². The fourth-order valence-corrected chi connectivity index (χ4v) is 1.99. The molecule has 1 aromatic carbocycles. The molecule has 0 radical (unpaired) electrons.